The molecule has 0 radical (unpaired) electrons. The van der Waals surface area contributed by atoms with Crippen molar-refractivity contribution in [2.75, 3.05) is 29.9 Å². The van der Waals surface area contributed by atoms with Gasteiger partial charge in [-0.05, 0) is 24.1 Å². The highest BCUT2D eigenvalue weighted by Gasteiger charge is 2.16. The molecule has 2 amide bonds. The summed E-state index contributed by atoms with van der Waals surface area (Å²) in [6.07, 6.45) is 1.34. The van der Waals surface area contributed by atoms with E-state index >= 15 is 0 Å². The van der Waals surface area contributed by atoms with Gasteiger partial charge in [0.2, 0.25) is 11.8 Å². The Morgan fingerprint density at radius 1 is 1.32 bits per heavy atom. The maximum Gasteiger partial charge on any atom is 0.221 e. The maximum absolute atomic E-state index is 11.9. The molecule has 1 fully saturated rings. The SMILES string of the molecule is CC(=O)Nc1ccc(CCNC(=O)CC2CSCCN2)cc1. The van der Waals surface area contributed by atoms with Crippen LogP contribution in [0.1, 0.15) is 18.9 Å². The molecule has 2 rings (SSSR count). The summed E-state index contributed by atoms with van der Waals surface area (Å²) in [6.45, 7) is 3.12. The molecule has 1 saturated heterocycles. The Morgan fingerprint density at radius 3 is 2.73 bits per heavy atom. The average Bonchev–Trinajstić information content (AvgIpc) is 2.49. The third-order valence-electron chi connectivity index (χ3n) is 3.44. The van der Waals surface area contributed by atoms with Crippen molar-refractivity contribution in [2.45, 2.75) is 25.8 Å². The number of amides is 2. The van der Waals surface area contributed by atoms with Crippen LogP contribution in [0, 0.1) is 0 Å². The van der Waals surface area contributed by atoms with Crippen LogP contribution in [0.25, 0.3) is 0 Å². The van der Waals surface area contributed by atoms with Crippen LogP contribution < -0.4 is 16.0 Å². The minimum Gasteiger partial charge on any atom is -0.356 e. The number of carbonyl (C=O) groups excluding carboxylic acids is 2. The predicted octanol–water partition coefficient (Wildman–Crippen LogP) is 1.40. The molecule has 1 aliphatic rings. The van der Waals surface area contributed by atoms with E-state index in [0.717, 1.165) is 35.7 Å². The van der Waals surface area contributed by atoms with Crippen molar-refractivity contribution >= 4 is 29.3 Å². The van der Waals surface area contributed by atoms with Crippen molar-refractivity contribution in [1.82, 2.24) is 10.6 Å². The molecule has 0 bridgehead atoms. The molecule has 0 spiro atoms. The molecular weight excluding hydrogens is 298 g/mol. The zero-order valence-electron chi connectivity index (χ0n) is 12.9. The maximum atomic E-state index is 11.9. The van der Waals surface area contributed by atoms with Gasteiger partial charge >= 0.3 is 0 Å². The average molecular weight is 321 g/mol. The van der Waals surface area contributed by atoms with Crippen LogP contribution in [0.4, 0.5) is 5.69 Å². The quantitative estimate of drug-likeness (QED) is 0.741. The van der Waals surface area contributed by atoms with Gasteiger partial charge in [0, 0.05) is 49.7 Å². The summed E-state index contributed by atoms with van der Waals surface area (Å²) >= 11 is 1.90. The van der Waals surface area contributed by atoms with Crippen LogP contribution in [0.15, 0.2) is 24.3 Å². The molecule has 120 valence electrons. The molecule has 0 aliphatic carbocycles. The highest BCUT2D eigenvalue weighted by molar-refractivity contribution is 7.99. The summed E-state index contributed by atoms with van der Waals surface area (Å²) in [5.74, 6) is 2.18. The van der Waals surface area contributed by atoms with Gasteiger partial charge in [-0.3, -0.25) is 9.59 Å². The van der Waals surface area contributed by atoms with Crippen molar-refractivity contribution in [3.63, 3.8) is 0 Å². The summed E-state index contributed by atoms with van der Waals surface area (Å²) < 4.78 is 0. The van der Waals surface area contributed by atoms with E-state index in [9.17, 15) is 9.59 Å². The molecule has 1 atom stereocenters. The Balaban J connectivity index is 1.67. The van der Waals surface area contributed by atoms with E-state index in [1.807, 2.05) is 36.0 Å². The molecule has 6 heteroatoms. The molecular formula is C16H23N3O2S. The first-order chi connectivity index (χ1) is 10.6. The molecule has 5 nitrogen and oxygen atoms in total. The zero-order valence-corrected chi connectivity index (χ0v) is 13.7. The second kappa shape index (κ2) is 8.80. The van der Waals surface area contributed by atoms with E-state index < -0.39 is 0 Å². The Kier molecular flexibility index (Phi) is 6.74. The van der Waals surface area contributed by atoms with E-state index in [-0.39, 0.29) is 11.8 Å². The number of rotatable bonds is 6. The van der Waals surface area contributed by atoms with E-state index in [1.54, 1.807) is 0 Å². The lowest BCUT2D eigenvalue weighted by atomic mass is 10.1. The summed E-state index contributed by atoms with van der Waals surface area (Å²) in [6, 6.07) is 7.99. The fourth-order valence-corrected chi connectivity index (χ4v) is 3.30. The molecule has 1 heterocycles. The minimum atomic E-state index is -0.0745. The number of hydrogen-bond donors (Lipinski definition) is 3. The predicted molar refractivity (Wildman–Crippen MR) is 91.2 cm³/mol. The van der Waals surface area contributed by atoms with E-state index in [1.165, 1.54) is 6.92 Å². The highest BCUT2D eigenvalue weighted by Crippen LogP contribution is 2.11. The first kappa shape index (κ1) is 16.8. The molecule has 1 aliphatic heterocycles. The topological polar surface area (TPSA) is 70.2 Å². The highest BCUT2D eigenvalue weighted by atomic mass is 32.2. The minimum absolute atomic E-state index is 0.0745. The molecule has 1 aromatic rings. The van der Waals surface area contributed by atoms with Crippen molar-refractivity contribution in [3.8, 4) is 0 Å². The lowest BCUT2D eigenvalue weighted by molar-refractivity contribution is -0.121. The summed E-state index contributed by atoms with van der Waals surface area (Å²) in [5, 5.41) is 9.07. The van der Waals surface area contributed by atoms with Crippen molar-refractivity contribution in [1.29, 1.82) is 0 Å². The number of carbonyl (C=O) groups is 2. The van der Waals surface area contributed by atoms with Crippen LogP contribution in [0.5, 0.6) is 0 Å². The van der Waals surface area contributed by atoms with Crippen LogP contribution in [-0.4, -0.2) is 42.5 Å². The van der Waals surface area contributed by atoms with Crippen molar-refractivity contribution < 1.29 is 9.59 Å². The lowest BCUT2D eigenvalue weighted by Crippen LogP contribution is -2.41. The Labute approximate surface area is 135 Å². The van der Waals surface area contributed by atoms with Crippen LogP contribution in [-0.2, 0) is 16.0 Å². The van der Waals surface area contributed by atoms with Crippen LogP contribution >= 0.6 is 11.8 Å². The standard InChI is InChI=1S/C16H23N3O2S/c1-12(20)19-14-4-2-13(3-5-14)6-7-18-16(21)10-15-11-22-9-8-17-15/h2-5,15,17H,6-11H2,1H3,(H,18,21)(H,19,20). The number of nitrogens with one attached hydrogen (secondary N) is 3. The zero-order chi connectivity index (χ0) is 15.8. The van der Waals surface area contributed by atoms with Crippen molar-refractivity contribution in [3.05, 3.63) is 29.8 Å². The van der Waals surface area contributed by atoms with Crippen molar-refractivity contribution in [2.24, 2.45) is 0 Å². The third-order valence-corrected chi connectivity index (χ3v) is 4.57. The van der Waals surface area contributed by atoms with Gasteiger partial charge in [-0.2, -0.15) is 11.8 Å². The number of anilines is 1. The van der Waals surface area contributed by atoms with Gasteiger partial charge in [0.1, 0.15) is 0 Å². The lowest BCUT2D eigenvalue weighted by Gasteiger charge is -2.22. The van der Waals surface area contributed by atoms with Gasteiger partial charge < -0.3 is 16.0 Å². The van der Waals surface area contributed by atoms with Gasteiger partial charge in [0.15, 0.2) is 0 Å². The number of hydrogen-bond acceptors (Lipinski definition) is 4. The Bertz CT molecular complexity index is 499. The van der Waals surface area contributed by atoms with Gasteiger partial charge in [-0.1, -0.05) is 12.1 Å². The summed E-state index contributed by atoms with van der Waals surface area (Å²) in [5.41, 5.74) is 1.93. The van der Waals surface area contributed by atoms with Gasteiger partial charge in [-0.25, -0.2) is 0 Å². The largest absolute Gasteiger partial charge is 0.356 e. The third kappa shape index (κ3) is 6.07. The Morgan fingerprint density at radius 2 is 2.09 bits per heavy atom. The van der Waals surface area contributed by atoms with Gasteiger partial charge in [0.05, 0.1) is 0 Å². The van der Waals surface area contributed by atoms with E-state index in [2.05, 4.69) is 16.0 Å². The fourth-order valence-electron chi connectivity index (χ4n) is 2.35. The summed E-state index contributed by atoms with van der Waals surface area (Å²) in [7, 11) is 0. The van der Waals surface area contributed by atoms with E-state index in [4.69, 9.17) is 0 Å². The van der Waals surface area contributed by atoms with Crippen LogP contribution in [0.2, 0.25) is 0 Å². The first-order valence-corrected chi connectivity index (χ1v) is 8.73. The van der Waals surface area contributed by atoms with Gasteiger partial charge in [0.25, 0.3) is 0 Å². The second-order valence-corrected chi connectivity index (χ2v) is 6.56. The molecule has 1 aromatic carbocycles. The molecule has 3 N–H and O–H groups in total. The normalized spacial score (nSPS) is 17.8. The van der Waals surface area contributed by atoms with Crippen LogP contribution in [0.3, 0.4) is 0 Å². The second-order valence-electron chi connectivity index (χ2n) is 5.41. The summed E-state index contributed by atoms with van der Waals surface area (Å²) in [4.78, 5) is 22.8. The first-order valence-electron chi connectivity index (χ1n) is 7.58. The molecule has 0 aromatic heterocycles. The molecule has 0 saturated carbocycles. The van der Waals surface area contributed by atoms with Gasteiger partial charge in [-0.15, -0.1) is 0 Å². The number of thioether (sulfide) groups is 1. The molecule has 1 unspecified atom stereocenters. The van der Waals surface area contributed by atoms with E-state index in [0.29, 0.717) is 19.0 Å². The Hall–Kier alpha value is -1.53. The number of benzene rings is 1. The smallest absolute Gasteiger partial charge is 0.221 e. The molecule has 22 heavy (non-hydrogen) atoms. The fraction of sp³-hybridized carbons (Fsp3) is 0.500. The monoisotopic (exact) mass is 321 g/mol.